The summed E-state index contributed by atoms with van der Waals surface area (Å²) >= 11 is 0. The molecule has 3 unspecified atom stereocenters. The summed E-state index contributed by atoms with van der Waals surface area (Å²) in [5.74, 6) is -0.536. The Labute approximate surface area is 77.5 Å². The molecule has 78 valence electrons. The second-order valence-electron chi connectivity index (χ2n) is 4.82. The van der Waals surface area contributed by atoms with Crippen molar-refractivity contribution >= 4 is 0 Å². The van der Waals surface area contributed by atoms with E-state index in [1.807, 2.05) is 13.8 Å². The maximum atomic E-state index is 12.4. The first kappa shape index (κ1) is 10.9. The first-order chi connectivity index (χ1) is 5.69. The van der Waals surface area contributed by atoms with Gasteiger partial charge in [0.25, 0.3) is 0 Å². The zero-order valence-electron chi connectivity index (χ0n) is 8.57. The summed E-state index contributed by atoms with van der Waals surface area (Å²) in [5.41, 5.74) is -0.494. The molecule has 0 nitrogen and oxygen atoms in total. The van der Waals surface area contributed by atoms with Gasteiger partial charge in [0.1, 0.15) is 0 Å². The molecule has 3 heteroatoms. The number of rotatable bonds is 2. The highest BCUT2D eigenvalue weighted by Crippen LogP contribution is 2.63. The van der Waals surface area contributed by atoms with Gasteiger partial charge in [-0.3, -0.25) is 0 Å². The van der Waals surface area contributed by atoms with Gasteiger partial charge in [-0.05, 0) is 23.7 Å². The minimum absolute atomic E-state index is 0.254. The maximum Gasteiger partial charge on any atom is 0.392 e. The van der Waals surface area contributed by atoms with Crippen molar-refractivity contribution in [1.82, 2.24) is 0 Å². The average Bonchev–Trinajstić information content (AvgIpc) is 2.60. The van der Waals surface area contributed by atoms with Crippen molar-refractivity contribution in [2.24, 2.45) is 23.2 Å². The van der Waals surface area contributed by atoms with Gasteiger partial charge in [-0.1, -0.05) is 27.7 Å². The van der Waals surface area contributed by atoms with Gasteiger partial charge in [-0.2, -0.15) is 13.2 Å². The summed E-state index contributed by atoms with van der Waals surface area (Å²) in [6.45, 7) is 7.07. The van der Waals surface area contributed by atoms with Crippen LogP contribution in [0.5, 0.6) is 0 Å². The van der Waals surface area contributed by atoms with Crippen LogP contribution in [0.2, 0.25) is 0 Å². The third-order valence-electron chi connectivity index (χ3n) is 3.63. The lowest BCUT2D eigenvalue weighted by atomic mass is 9.86. The zero-order chi connectivity index (χ0) is 10.4. The summed E-state index contributed by atoms with van der Waals surface area (Å²) in [6, 6.07) is 0. The molecule has 0 bridgehead atoms. The van der Waals surface area contributed by atoms with Crippen molar-refractivity contribution in [2.45, 2.75) is 40.3 Å². The Morgan fingerprint density at radius 3 is 1.92 bits per heavy atom. The Morgan fingerprint density at radius 2 is 1.69 bits per heavy atom. The molecule has 0 heterocycles. The van der Waals surface area contributed by atoms with Crippen molar-refractivity contribution < 1.29 is 13.2 Å². The molecule has 1 aliphatic carbocycles. The van der Waals surface area contributed by atoms with E-state index in [4.69, 9.17) is 0 Å². The van der Waals surface area contributed by atoms with Crippen LogP contribution in [0, 0.1) is 23.2 Å². The van der Waals surface area contributed by atoms with Gasteiger partial charge in [0.2, 0.25) is 0 Å². The molecule has 1 saturated carbocycles. The van der Waals surface area contributed by atoms with Crippen LogP contribution in [0.15, 0.2) is 0 Å². The molecule has 0 amide bonds. The molecular formula is C10H17F3. The Bertz CT molecular complexity index is 195. The Balaban J connectivity index is 2.65. The van der Waals surface area contributed by atoms with Crippen LogP contribution in [0.25, 0.3) is 0 Å². The lowest BCUT2D eigenvalue weighted by Gasteiger charge is -2.24. The van der Waals surface area contributed by atoms with Crippen LogP contribution in [-0.2, 0) is 0 Å². The standard InChI is InChI=1S/C10H17F3/c1-6(2)8-5-9(8,4)7(3)10(11,12)13/h6-8H,5H2,1-4H3. The molecule has 0 aromatic heterocycles. The van der Waals surface area contributed by atoms with E-state index in [-0.39, 0.29) is 5.92 Å². The molecule has 3 atom stereocenters. The highest BCUT2D eigenvalue weighted by molar-refractivity contribution is 5.04. The highest BCUT2D eigenvalue weighted by Gasteiger charge is 2.61. The summed E-state index contributed by atoms with van der Waals surface area (Å²) in [7, 11) is 0. The Hall–Kier alpha value is -0.210. The highest BCUT2D eigenvalue weighted by atomic mass is 19.4. The average molecular weight is 194 g/mol. The van der Waals surface area contributed by atoms with E-state index in [0.29, 0.717) is 5.92 Å². The topological polar surface area (TPSA) is 0 Å². The lowest BCUT2D eigenvalue weighted by molar-refractivity contribution is -0.188. The molecule has 1 fully saturated rings. The summed E-state index contributed by atoms with van der Waals surface area (Å²) < 4.78 is 37.3. The van der Waals surface area contributed by atoms with Crippen molar-refractivity contribution in [1.29, 1.82) is 0 Å². The minimum atomic E-state index is -4.03. The predicted molar refractivity (Wildman–Crippen MR) is 46.3 cm³/mol. The number of hydrogen-bond donors (Lipinski definition) is 0. The normalized spacial score (nSPS) is 36.5. The molecule has 0 spiro atoms. The molecule has 0 N–H and O–H groups in total. The Kier molecular flexibility index (Phi) is 2.42. The van der Waals surface area contributed by atoms with Gasteiger partial charge in [0.05, 0.1) is 5.92 Å². The molecule has 0 aromatic rings. The van der Waals surface area contributed by atoms with E-state index in [2.05, 4.69) is 0 Å². The van der Waals surface area contributed by atoms with E-state index in [9.17, 15) is 13.2 Å². The van der Waals surface area contributed by atoms with Gasteiger partial charge in [0.15, 0.2) is 0 Å². The smallest absolute Gasteiger partial charge is 0.171 e. The van der Waals surface area contributed by atoms with Crippen molar-refractivity contribution in [3.8, 4) is 0 Å². The third kappa shape index (κ3) is 1.84. The van der Waals surface area contributed by atoms with E-state index in [0.717, 1.165) is 6.42 Å². The van der Waals surface area contributed by atoms with Crippen LogP contribution in [0.4, 0.5) is 13.2 Å². The number of alkyl halides is 3. The van der Waals surface area contributed by atoms with Crippen LogP contribution >= 0.6 is 0 Å². The molecule has 1 aliphatic rings. The van der Waals surface area contributed by atoms with Crippen molar-refractivity contribution in [3.63, 3.8) is 0 Å². The van der Waals surface area contributed by atoms with Gasteiger partial charge in [-0.25, -0.2) is 0 Å². The predicted octanol–water partition coefficient (Wildman–Crippen LogP) is 3.87. The van der Waals surface area contributed by atoms with Crippen LogP contribution in [0.1, 0.15) is 34.1 Å². The summed E-state index contributed by atoms with van der Waals surface area (Å²) in [4.78, 5) is 0. The van der Waals surface area contributed by atoms with E-state index in [1.165, 1.54) is 6.92 Å². The SMILES string of the molecule is CC(C)C1CC1(C)C(C)C(F)(F)F. The zero-order valence-corrected chi connectivity index (χ0v) is 8.57. The fourth-order valence-electron chi connectivity index (χ4n) is 2.28. The number of hydrogen-bond acceptors (Lipinski definition) is 0. The van der Waals surface area contributed by atoms with Crippen LogP contribution < -0.4 is 0 Å². The van der Waals surface area contributed by atoms with Crippen molar-refractivity contribution in [3.05, 3.63) is 0 Å². The molecule has 0 radical (unpaired) electrons. The third-order valence-corrected chi connectivity index (χ3v) is 3.63. The molecule has 0 aromatic carbocycles. The first-order valence-electron chi connectivity index (χ1n) is 4.76. The molecule has 13 heavy (non-hydrogen) atoms. The van der Waals surface area contributed by atoms with Crippen LogP contribution in [-0.4, -0.2) is 6.18 Å². The fraction of sp³-hybridized carbons (Fsp3) is 1.00. The lowest BCUT2D eigenvalue weighted by Crippen LogP contribution is -2.29. The van der Waals surface area contributed by atoms with Gasteiger partial charge in [-0.15, -0.1) is 0 Å². The molecule has 0 aliphatic heterocycles. The second kappa shape index (κ2) is 2.89. The maximum absolute atomic E-state index is 12.4. The molecule has 0 saturated heterocycles. The largest absolute Gasteiger partial charge is 0.392 e. The quantitative estimate of drug-likeness (QED) is 0.626. The summed E-state index contributed by atoms with van der Waals surface area (Å²) in [5, 5.41) is 0. The Morgan fingerprint density at radius 1 is 1.23 bits per heavy atom. The minimum Gasteiger partial charge on any atom is -0.171 e. The van der Waals surface area contributed by atoms with E-state index < -0.39 is 17.5 Å². The van der Waals surface area contributed by atoms with E-state index in [1.54, 1.807) is 6.92 Å². The second-order valence-corrected chi connectivity index (χ2v) is 4.82. The fourth-order valence-corrected chi connectivity index (χ4v) is 2.28. The van der Waals surface area contributed by atoms with Crippen LogP contribution in [0.3, 0.4) is 0 Å². The molecule has 1 rings (SSSR count). The first-order valence-corrected chi connectivity index (χ1v) is 4.76. The van der Waals surface area contributed by atoms with Gasteiger partial charge >= 0.3 is 6.18 Å². The van der Waals surface area contributed by atoms with Gasteiger partial charge in [0, 0.05) is 0 Å². The monoisotopic (exact) mass is 194 g/mol. The number of halogens is 3. The molecular weight excluding hydrogens is 177 g/mol. The summed E-state index contributed by atoms with van der Waals surface area (Å²) in [6.07, 6.45) is -3.30. The van der Waals surface area contributed by atoms with Gasteiger partial charge < -0.3 is 0 Å². The van der Waals surface area contributed by atoms with Crippen molar-refractivity contribution in [2.75, 3.05) is 0 Å². The van der Waals surface area contributed by atoms with E-state index >= 15 is 0 Å².